The van der Waals surface area contributed by atoms with Crippen LogP contribution in [0.1, 0.15) is 15.9 Å². The van der Waals surface area contributed by atoms with Gasteiger partial charge >= 0.3 is 0 Å². The minimum absolute atomic E-state index is 0.0344. The molecule has 0 saturated heterocycles. The standard InChI is InChI=1S/C20H14N4O4S/c21-19(25)13-6-7-14(16(8-13)24(27)28)10-23-11-22-15-9-17(29-18(15)20(23)26)12-4-2-1-3-5-12/h1-9,11H,10H2,(H2,21,25). The second kappa shape index (κ2) is 7.28. The first-order chi connectivity index (χ1) is 13.9. The molecule has 9 heteroatoms. The van der Waals surface area contributed by atoms with E-state index in [1.54, 1.807) is 0 Å². The topological polar surface area (TPSA) is 121 Å². The predicted octanol–water partition coefficient (Wildman–Crippen LogP) is 3.18. The van der Waals surface area contributed by atoms with Gasteiger partial charge in [-0.1, -0.05) is 30.3 Å². The molecule has 0 saturated carbocycles. The summed E-state index contributed by atoms with van der Waals surface area (Å²) in [6.07, 6.45) is 1.37. The van der Waals surface area contributed by atoms with Gasteiger partial charge in [0.25, 0.3) is 11.2 Å². The van der Waals surface area contributed by atoms with Crippen molar-refractivity contribution in [3.63, 3.8) is 0 Å². The highest BCUT2D eigenvalue weighted by molar-refractivity contribution is 7.22. The Hall–Kier alpha value is -3.85. The van der Waals surface area contributed by atoms with E-state index < -0.39 is 10.8 Å². The van der Waals surface area contributed by atoms with Gasteiger partial charge in [-0.25, -0.2) is 4.98 Å². The summed E-state index contributed by atoms with van der Waals surface area (Å²) < 4.78 is 1.79. The molecule has 0 unspecified atom stereocenters. The zero-order valence-electron chi connectivity index (χ0n) is 14.9. The largest absolute Gasteiger partial charge is 0.366 e. The molecule has 144 valence electrons. The third kappa shape index (κ3) is 3.50. The number of amides is 1. The molecule has 0 radical (unpaired) electrons. The number of rotatable bonds is 5. The third-order valence-electron chi connectivity index (χ3n) is 4.47. The Bertz CT molecular complexity index is 1310. The Kier molecular flexibility index (Phi) is 4.65. The minimum Gasteiger partial charge on any atom is -0.366 e. The molecule has 4 rings (SSSR count). The lowest BCUT2D eigenvalue weighted by atomic mass is 10.1. The van der Waals surface area contributed by atoms with Crippen LogP contribution in [0.2, 0.25) is 0 Å². The van der Waals surface area contributed by atoms with Crippen LogP contribution >= 0.6 is 11.3 Å². The maximum absolute atomic E-state index is 12.9. The average Bonchev–Trinajstić information content (AvgIpc) is 3.16. The number of primary amides is 1. The molecule has 2 aromatic carbocycles. The van der Waals surface area contributed by atoms with Gasteiger partial charge < -0.3 is 5.73 Å². The normalized spacial score (nSPS) is 10.9. The Morgan fingerprint density at radius 3 is 2.62 bits per heavy atom. The Morgan fingerprint density at radius 1 is 1.17 bits per heavy atom. The van der Waals surface area contributed by atoms with Crippen LogP contribution < -0.4 is 11.3 Å². The number of nitro benzene ring substituents is 1. The van der Waals surface area contributed by atoms with Gasteiger partial charge in [-0.2, -0.15) is 0 Å². The smallest absolute Gasteiger partial charge is 0.275 e. The van der Waals surface area contributed by atoms with E-state index in [-0.39, 0.29) is 28.9 Å². The average molecular weight is 406 g/mol. The molecule has 4 aromatic rings. The number of hydrogen-bond donors (Lipinski definition) is 1. The summed E-state index contributed by atoms with van der Waals surface area (Å²) in [6, 6.07) is 15.5. The molecule has 0 fully saturated rings. The van der Waals surface area contributed by atoms with Crippen LogP contribution in [-0.4, -0.2) is 20.4 Å². The van der Waals surface area contributed by atoms with Crippen molar-refractivity contribution in [3.05, 3.63) is 92.5 Å². The van der Waals surface area contributed by atoms with Crippen LogP contribution in [0.3, 0.4) is 0 Å². The number of aromatic nitrogens is 2. The van der Waals surface area contributed by atoms with Crippen molar-refractivity contribution in [3.8, 4) is 10.4 Å². The van der Waals surface area contributed by atoms with Crippen molar-refractivity contribution < 1.29 is 9.72 Å². The molecule has 0 bridgehead atoms. The van der Waals surface area contributed by atoms with E-state index >= 15 is 0 Å². The molecule has 0 spiro atoms. The molecule has 2 heterocycles. The fraction of sp³-hybridized carbons (Fsp3) is 0.0500. The molecule has 0 aliphatic rings. The summed E-state index contributed by atoms with van der Waals surface area (Å²) in [5, 5.41) is 11.4. The summed E-state index contributed by atoms with van der Waals surface area (Å²) in [6.45, 7) is -0.0459. The van der Waals surface area contributed by atoms with E-state index in [0.717, 1.165) is 16.5 Å². The molecule has 0 aliphatic heterocycles. The lowest BCUT2D eigenvalue weighted by molar-refractivity contribution is -0.385. The van der Waals surface area contributed by atoms with Crippen LogP contribution in [0, 0.1) is 10.1 Å². The van der Waals surface area contributed by atoms with Crippen LogP contribution in [0.25, 0.3) is 20.7 Å². The molecular weight excluding hydrogens is 392 g/mol. The van der Waals surface area contributed by atoms with Gasteiger partial charge in [0.1, 0.15) is 4.70 Å². The van der Waals surface area contributed by atoms with Crippen LogP contribution in [-0.2, 0) is 6.54 Å². The summed E-state index contributed by atoms with van der Waals surface area (Å²) in [7, 11) is 0. The number of carbonyl (C=O) groups is 1. The Labute approximate surface area is 168 Å². The summed E-state index contributed by atoms with van der Waals surface area (Å²) >= 11 is 1.33. The van der Waals surface area contributed by atoms with Gasteiger partial charge in [0, 0.05) is 22.1 Å². The number of hydrogen-bond acceptors (Lipinski definition) is 6. The van der Waals surface area contributed by atoms with E-state index in [0.29, 0.717) is 10.2 Å². The molecular formula is C20H14N4O4S. The van der Waals surface area contributed by atoms with Crippen molar-refractivity contribution >= 4 is 33.1 Å². The Morgan fingerprint density at radius 2 is 1.93 bits per heavy atom. The zero-order valence-corrected chi connectivity index (χ0v) is 15.8. The monoisotopic (exact) mass is 406 g/mol. The van der Waals surface area contributed by atoms with E-state index in [9.17, 15) is 19.7 Å². The van der Waals surface area contributed by atoms with Crippen molar-refractivity contribution in [2.75, 3.05) is 0 Å². The SMILES string of the molecule is NC(=O)c1ccc(Cn2cnc3cc(-c4ccccc4)sc3c2=O)c([N+](=O)[O-])c1. The molecule has 1 amide bonds. The van der Waals surface area contributed by atoms with Crippen LogP contribution in [0.4, 0.5) is 5.69 Å². The first-order valence-electron chi connectivity index (χ1n) is 8.55. The van der Waals surface area contributed by atoms with Crippen molar-refractivity contribution in [1.82, 2.24) is 9.55 Å². The zero-order chi connectivity index (χ0) is 20.5. The first-order valence-corrected chi connectivity index (χ1v) is 9.37. The highest BCUT2D eigenvalue weighted by Gasteiger charge is 2.18. The molecule has 29 heavy (non-hydrogen) atoms. The first kappa shape index (κ1) is 18.5. The number of carbonyl (C=O) groups excluding carboxylic acids is 1. The molecule has 0 aliphatic carbocycles. The lowest BCUT2D eigenvalue weighted by Gasteiger charge is -2.07. The molecule has 8 nitrogen and oxygen atoms in total. The van der Waals surface area contributed by atoms with Gasteiger partial charge in [0.2, 0.25) is 5.91 Å². The molecule has 2 aromatic heterocycles. The maximum Gasteiger partial charge on any atom is 0.275 e. The fourth-order valence-electron chi connectivity index (χ4n) is 3.01. The highest BCUT2D eigenvalue weighted by Crippen LogP contribution is 2.30. The van der Waals surface area contributed by atoms with Crippen LogP contribution in [0.15, 0.2) is 65.7 Å². The highest BCUT2D eigenvalue weighted by atomic mass is 32.1. The maximum atomic E-state index is 12.9. The number of fused-ring (bicyclic) bond motifs is 1. The molecule has 2 N–H and O–H groups in total. The Balaban J connectivity index is 1.76. The van der Waals surface area contributed by atoms with Gasteiger partial charge in [-0.05, 0) is 23.8 Å². The fourth-order valence-corrected chi connectivity index (χ4v) is 4.07. The second-order valence-corrected chi connectivity index (χ2v) is 7.39. The number of benzene rings is 2. The molecule has 0 atom stereocenters. The van der Waals surface area contributed by atoms with E-state index in [2.05, 4.69) is 4.98 Å². The van der Waals surface area contributed by atoms with E-state index in [4.69, 9.17) is 5.73 Å². The minimum atomic E-state index is -0.757. The van der Waals surface area contributed by atoms with Gasteiger partial charge in [0.15, 0.2) is 0 Å². The van der Waals surface area contributed by atoms with Crippen molar-refractivity contribution in [2.24, 2.45) is 5.73 Å². The second-order valence-electron chi connectivity index (χ2n) is 6.33. The van der Waals surface area contributed by atoms with E-state index in [1.807, 2.05) is 36.4 Å². The number of nitrogens with zero attached hydrogens (tertiary/aromatic N) is 3. The van der Waals surface area contributed by atoms with Gasteiger partial charge in [0.05, 0.1) is 23.3 Å². The third-order valence-corrected chi connectivity index (χ3v) is 5.63. The van der Waals surface area contributed by atoms with Gasteiger partial charge in [-0.3, -0.25) is 24.3 Å². The van der Waals surface area contributed by atoms with Gasteiger partial charge in [-0.15, -0.1) is 11.3 Å². The van der Waals surface area contributed by atoms with Crippen LogP contribution in [0.5, 0.6) is 0 Å². The number of thiophene rings is 1. The van der Waals surface area contributed by atoms with Crippen molar-refractivity contribution in [2.45, 2.75) is 6.54 Å². The van der Waals surface area contributed by atoms with Crippen molar-refractivity contribution in [1.29, 1.82) is 0 Å². The summed E-state index contributed by atoms with van der Waals surface area (Å²) in [5.74, 6) is -0.757. The number of nitro groups is 1. The van der Waals surface area contributed by atoms with E-state index in [1.165, 1.54) is 34.4 Å². The predicted molar refractivity (Wildman–Crippen MR) is 110 cm³/mol. The summed E-state index contributed by atoms with van der Waals surface area (Å²) in [5.41, 5.74) is 6.52. The number of nitrogens with two attached hydrogens (primary N) is 1. The quantitative estimate of drug-likeness (QED) is 0.403. The summed E-state index contributed by atoms with van der Waals surface area (Å²) in [4.78, 5) is 40.3. The lowest BCUT2D eigenvalue weighted by Crippen LogP contribution is -2.21.